The minimum atomic E-state index is 0.0134. The van der Waals surface area contributed by atoms with E-state index in [0.717, 1.165) is 11.4 Å². The third kappa shape index (κ3) is 3.62. The molecule has 0 saturated heterocycles. The van der Waals surface area contributed by atoms with Crippen molar-refractivity contribution >= 4 is 11.6 Å². The molecule has 112 valence electrons. The van der Waals surface area contributed by atoms with Crippen molar-refractivity contribution in [2.24, 2.45) is 0 Å². The largest absolute Gasteiger partial charge is 0.379 e. The Kier molecular flexibility index (Phi) is 4.62. The Labute approximate surface area is 125 Å². The molecule has 0 atom stereocenters. The molecule has 0 bridgehead atoms. The van der Waals surface area contributed by atoms with E-state index in [9.17, 15) is 4.79 Å². The van der Waals surface area contributed by atoms with Crippen LogP contribution in [0.1, 0.15) is 35.9 Å². The molecule has 0 aliphatic rings. The summed E-state index contributed by atoms with van der Waals surface area (Å²) >= 11 is 0. The van der Waals surface area contributed by atoms with Gasteiger partial charge in [-0.15, -0.1) is 0 Å². The highest BCUT2D eigenvalue weighted by Gasteiger charge is 2.08. The molecule has 0 aliphatic heterocycles. The molecule has 1 N–H and O–H groups in total. The molecule has 2 aromatic rings. The van der Waals surface area contributed by atoms with Gasteiger partial charge in [0.2, 0.25) is 0 Å². The molecular weight excluding hydrogens is 264 g/mol. The number of nitrogens with one attached hydrogen (secondary N) is 1. The number of imidazole rings is 1. The molecule has 0 radical (unpaired) electrons. The van der Waals surface area contributed by atoms with E-state index in [-0.39, 0.29) is 5.91 Å². The molecule has 0 saturated carbocycles. The number of carbonyl (C=O) groups excluding carboxylic acids is 1. The zero-order valence-corrected chi connectivity index (χ0v) is 13.0. The topological polar surface area (TPSA) is 50.2 Å². The molecule has 5 nitrogen and oxygen atoms in total. The Balaban J connectivity index is 2.01. The van der Waals surface area contributed by atoms with Crippen LogP contribution in [0.2, 0.25) is 0 Å². The number of carbonyl (C=O) groups is 1. The Morgan fingerprint density at radius 1 is 1.29 bits per heavy atom. The van der Waals surface area contributed by atoms with Crippen molar-refractivity contribution in [2.75, 3.05) is 19.4 Å². The lowest BCUT2D eigenvalue weighted by molar-refractivity contribution is 0.0827. The molecule has 5 heteroatoms. The van der Waals surface area contributed by atoms with Crippen molar-refractivity contribution in [3.8, 4) is 0 Å². The first-order valence-electron chi connectivity index (χ1n) is 7.05. The average Bonchev–Trinajstić information content (AvgIpc) is 2.93. The maximum Gasteiger partial charge on any atom is 0.253 e. The second kappa shape index (κ2) is 6.43. The Hall–Kier alpha value is -2.30. The molecule has 1 amide bonds. The van der Waals surface area contributed by atoms with Crippen LogP contribution in [-0.4, -0.2) is 34.5 Å². The van der Waals surface area contributed by atoms with Gasteiger partial charge in [0.15, 0.2) is 0 Å². The minimum absolute atomic E-state index is 0.0134. The van der Waals surface area contributed by atoms with Crippen LogP contribution < -0.4 is 5.32 Å². The highest BCUT2D eigenvalue weighted by molar-refractivity contribution is 5.94. The van der Waals surface area contributed by atoms with Crippen molar-refractivity contribution in [2.45, 2.75) is 26.4 Å². The SMILES string of the molecule is CC(C)n1cncc1CNc1ccc(C(=O)N(C)C)cc1. The normalized spacial score (nSPS) is 10.7. The second-order valence-electron chi connectivity index (χ2n) is 5.52. The summed E-state index contributed by atoms with van der Waals surface area (Å²) in [7, 11) is 3.50. The van der Waals surface area contributed by atoms with Gasteiger partial charge in [0.1, 0.15) is 0 Å². The number of hydrogen-bond donors (Lipinski definition) is 1. The summed E-state index contributed by atoms with van der Waals surface area (Å²) in [6.07, 6.45) is 3.72. The first kappa shape index (κ1) is 15.1. The van der Waals surface area contributed by atoms with Gasteiger partial charge in [-0.05, 0) is 38.1 Å². The summed E-state index contributed by atoms with van der Waals surface area (Å²) in [4.78, 5) is 17.6. The lowest BCUT2D eigenvalue weighted by atomic mass is 10.2. The zero-order valence-electron chi connectivity index (χ0n) is 13.0. The molecule has 1 aromatic carbocycles. The number of aromatic nitrogens is 2. The van der Waals surface area contributed by atoms with Gasteiger partial charge in [0, 0.05) is 37.6 Å². The van der Waals surface area contributed by atoms with E-state index in [2.05, 4.69) is 28.7 Å². The Bertz CT molecular complexity index is 599. The maximum atomic E-state index is 11.8. The molecule has 2 rings (SSSR count). The third-order valence-corrected chi connectivity index (χ3v) is 3.31. The molecule has 1 heterocycles. The molecule has 0 fully saturated rings. The number of benzene rings is 1. The number of anilines is 1. The van der Waals surface area contributed by atoms with Gasteiger partial charge < -0.3 is 14.8 Å². The second-order valence-corrected chi connectivity index (χ2v) is 5.52. The monoisotopic (exact) mass is 286 g/mol. The summed E-state index contributed by atoms with van der Waals surface area (Å²) in [5.74, 6) is 0.0134. The molecule has 0 unspecified atom stereocenters. The zero-order chi connectivity index (χ0) is 15.4. The predicted octanol–water partition coefficient (Wildman–Crippen LogP) is 2.78. The summed E-state index contributed by atoms with van der Waals surface area (Å²) < 4.78 is 2.14. The molecule has 0 spiro atoms. The molecule has 1 aromatic heterocycles. The van der Waals surface area contributed by atoms with E-state index in [1.165, 1.54) is 0 Å². The van der Waals surface area contributed by atoms with Crippen LogP contribution in [0, 0.1) is 0 Å². The average molecular weight is 286 g/mol. The highest BCUT2D eigenvalue weighted by Crippen LogP contribution is 2.14. The van der Waals surface area contributed by atoms with E-state index < -0.39 is 0 Å². The van der Waals surface area contributed by atoms with Gasteiger partial charge in [0.25, 0.3) is 5.91 Å². The van der Waals surface area contributed by atoms with Gasteiger partial charge in [-0.25, -0.2) is 4.98 Å². The van der Waals surface area contributed by atoms with Crippen LogP contribution in [-0.2, 0) is 6.54 Å². The van der Waals surface area contributed by atoms with E-state index >= 15 is 0 Å². The number of hydrogen-bond acceptors (Lipinski definition) is 3. The molecule has 21 heavy (non-hydrogen) atoms. The third-order valence-electron chi connectivity index (χ3n) is 3.31. The van der Waals surface area contributed by atoms with Crippen molar-refractivity contribution in [1.29, 1.82) is 0 Å². The van der Waals surface area contributed by atoms with E-state index in [1.807, 2.05) is 36.8 Å². The lowest BCUT2D eigenvalue weighted by Gasteiger charge is -2.13. The van der Waals surface area contributed by atoms with Crippen LogP contribution in [0.5, 0.6) is 0 Å². The first-order valence-corrected chi connectivity index (χ1v) is 7.05. The summed E-state index contributed by atoms with van der Waals surface area (Å²) in [6, 6.07) is 7.92. The summed E-state index contributed by atoms with van der Waals surface area (Å²) in [6.45, 7) is 4.97. The van der Waals surface area contributed by atoms with Gasteiger partial charge in [0.05, 0.1) is 18.6 Å². The fraction of sp³-hybridized carbons (Fsp3) is 0.375. The van der Waals surface area contributed by atoms with Crippen molar-refractivity contribution < 1.29 is 4.79 Å². The molecular formula is C16H22N4O. The van der Waals surface area contributed by atoms with Gasteiger partial charge in [-0.2, -0.15) is 0 Å². The van der Waals surface area contributed by atoms with Gasteiger partial charge >= 0.3 is 0 Å². The smallest absolute Gasteiger partial charge is 0.253 e. The quantitative estimate of drug-likeness (QED) is 0.919. The van der Waals surface area contributed by atoms with Crippen LogP contribution in [0.25, 0.3) is 0 Å². The Morgan fingerprint density at radius 2 is 1.95 bits per heavy atom. The van der Waals surface area contributed by atoms with Gasteiger partial charge in [-0.3, -0.25) is 4.79 Å². The number of amides is 1. The standard InChI is InChI=1S/C16H22N4O/c1-12(2)20-11-17-9-15(20)10-18-14-7-5-13(6-8-14)16(21)19(3)4/h5-9,11-12,18H,10H2,1-4H3. The maximum absolute atomic E-state index is 11.8. The van der Waals surface area contributed by atoms with Crippen LogP contribution >= 0.6 is 0 Å². The van der Waals surface area contributed by atoms with Crippen molar-refractivity contribution in [1.82, 2.24) is 14.5 Å². The van der Waals surface area contributed by atoms with E-state index in [4.69, 9.17) is 0 Å². The summed E-state index contributed by atoms with van der Waals surface area (Å²) in [5, 5.41) is 3.35. The fourth-order valence-corrected chi connectivity index (χ4v) is 2.12. The van der Waals surface area contributed by atoms with Crippen molar-refractivity contribution in [3.05, 3.63) is 48.0 Å². The highest BCUT2D eigenvalue weighted by atomic mass is 16.2. The Morgan fingerprint density at radius 3 is 2.52 bits per heavy atom. The lowest BCUT2D eigenvalue weighted by Crippen LogP contribution is -2.21. The van der Waals surface area contributed by atoms with Crippen molar-refractivity contribution in [3.63, 3.8) is 0 Å². The molecule has 0 aliphatic carbocycles. The number of nitrogens with zero attached hydrogens (tertiary/aromatic N) is 3. The van der Waals surface area contributed by atoms with Crippen LogP contribution in [0.4, 0.5) is 5.69 Å². The summed E-state index contributed by atoms with van der Waals surface area (Å²) in [5.41, 5.74) is 2.82. The van der Waals surface area contributed by atoms with Gasteiger partial charge in [-0.1, -0.05) is 0 Å². The van der Waals surface area contributed by atoms with E-state index in [0.29, 0.717) is 18.2 Å². The fourth-order valence-electron chi connectivity index (χ4n) is 2.12. The van der Waals surface area contributed by atoms with Crippen LogP contribution in [0.15, 0.2) is 36.8 Å². The first-order chi connectivity index (χ1) is 9.99. The number of rotatable bonds is 5. The predicted molar refractivity (Wildman–Crippen MR) is 84.4 cm³/mol. The van der Waals surface area contributed by atoms with Crippen LogP contribution in [0.3, 0.4) is 0 Å². The van der Waals surface area contributed by atoms with E-state index in [1.54, 1.807) is 19.0 Å². The minimum Gasteiger partial charge on any atom is -0.379 e.